The third-order valence-corrected chi connectivity index (χ3v) is 2.47. The van der Waals surface area contributed by atoms with Gasteiger partial charge in [0.15, 0.2) is 5.22 Å². The molecule has 0 saturated heterocycles. The van der Waals surface area contributed by atoms with Crippen molar-refractivity contribution in [2.24, 2.45) is 5.73 Å². The highest BCUT2D eigenvalue weighted by molar-refractivity contribution is 6.28. The van der Waals surface area contributed by atoms with Gasteiger partial charge in [0.25, 0.3) is 0 Å². The summed E-state index contributed by atoms with van der Waals surface area (Å²) < 4.78 is 7.10. The van der Waals surface area contributed by atoms with Gasteiger partial charge in [-0.25, -0.2) is 0 Å². The fourth-order valence-electron chi connectivity index (χ4n) is 1.51. The van der Waals surface area contributed by atoms with Gasteiger partial charge in [-0.3, -0.25) is 4.68 Å². The molecule has 0 aliphatic carbocycles. The second kappa shape index (κ2) is 4.08. The number of furan rings is 1. The molecule has 0 radical (unpaired) electrons. The lowest BCUT2D eigenvalue weighted by Crippen LogP contribution is -2.16. The van der Waals surface area contributed by atoms with E-state index in [1.807, 2.05) is 17.7 Å². The molecular formula is C10H12ClN3O. The Hall–Kier alpha value is -1.26. The summed E-state index contributed by atoms with van der Waals surface area (Å²) in [7, 11) is 0. The second-order valence-electron chi connectivity index (χ2n) is 3.19. The van der Waals surface area contributed by atoms with Gasteiger partial charge in [-0.1, -0.05) is 0 Å². The normalized spacial score (nSPS) is 13.0. The molecule has 5 heteroatoms. The standard InChI is InChI=1S/C10H12ClN3O/c1-2-14-7(5-6-13-14)10(12)8-3-4-9(11)15-8/h3-6,10H,2,12H2,1H3. The average molecular weight is 226 g/mol. The van der Waals surface area contributed by atoms with Crippen LogP contribution in [0.2, 0.25) is 5.22 Å². The molecule has 0 aliphatic heterocycles. The Bertz CT molecular complexity index is 449. The molecule has 2 rings (SSSR count). The number of hydrogen-bond acceptors (Lipinski definition) is 3. The highest BCUT2D eigenvalue weighted by Gasteiger charge is 2.16. The van der Waals surface area contributed by atoms with Crippen molar-refractivity contribution < 1.29 is 4.42 Å². The fourth-order valence-corrected chi connectivity index (χ4v) is 1.66. The summed E-state index contributed by atoms with van der Waals surface area (Å²) in [6.45, 7) is 2.79. The average Bonchev–Trinajstić information content (AvgIpc) is 2.84. The Kier molecular flexibility index (Phi) is 2.79. The summed E-state index contributed by atoms with van der Waals surface area (Å²) >= 11 is 5.69. The molecule has 0 bridgehead atoms. The summed E-state index contributed by atoms with van der Waals surface area (Å²) in [5.74, 6) is 0.648. The van der Waals surface area contributed by atoms with Crippen molar-refractivity contribution in [2.45, 2.75) is 19.5 Å². The highest BCUT2D eigenvalue weighted by atomic mass is 35.5. The molecule has 0 saturated carbocycles. The number of aromatic nitrogens is 2. The lowest BCUT2D eigenvalue weighted by Gasteiger charge is -2.10. The van der Waals surface area contributed by atoms with Crippen LogP contribution in [0.25, 0.3) is 0 Å². The minimum atomic E-state index is -0.319. The van der Waals surface area contributed by atoms with E-state index in [-0.39, 0.29) is 6.04 Å². The molecular weight excluding hydrogens is 214 g/mol. The molecule has 1 unspecified atom stereocenters. The van der Waals surface area contributed by atoms with Gasteiger partial charge in [-0.2, -0.15) is 5.10 Å². The maximum Gasteiger partial charge on any atom is 0.193 e. The first-order valence-corrected chi connectivity index (χ1v) is 5.12. The minimum Gasteiger partial charge on any atom is -0.448 e. The number of hydrogen-bond donors (Lipinski definition) is 1. The molecule has 2 aromatic rings. The largest absolute Gasteiger partial charge is 0.448 e. The zero-order valence-electron chi connectivity index (χ0n) is 8.35. The SMILES string of the molecule is CCn1nccc1C(N)c1ccc(Cl)o1. The Morgan fingerprint density at radius 1 is 1.53 bits per heavy atom. The van der Waals surface area contributed by atoms with Gasteiger partial charge < -0.3 is 10.2 Å². The van der Waals surface area contributed by atoms with Gasteiger partial charge in [0.2, 0.25) is 0 Å². The molecule has 2 heterocycles. The van der Waals surface area contributed by atoms with Crippen molar-refractivity contribution in [3.63, 3.8) is 0 Å². The molecule has 1 atom stereocenters. The van der Waals surface area contributed by atoms with Gasteiger partial charge in [-0.15, -0.1) is 0 Å². The number of rotatable bonds is 3. The minimum absolute atomic E-state index is 0.319. The van der Waals surface area contributed by atoms with Gasteiger partial charge in [0.05, 0.1) is 5.69 Å². The molecule has 0 fully saturated rings. The monoisotopic (exact) mass is 225 g/mol. The molecule has 15 heavy (non-hydrogen) atoms. The molecule has 2 N–H and O–H groups in total. The van der Waals surface area contributed by atoms with Crippen LogP contribution in [0.15, 0.2) is 28.8 Å². The molecule has 2 aromatic heterocycles. The Morgan fingerprint density at radius 3 is 2.93 bits per heavy atom. The van der Waals surface area contributed by atoms with Crippen molar-refractivity contribution in [3.8, 4) is 0 Å². The molecule has 0 amide bonds. The first-order valence-electron chi connectivity index (χ1n) is 4.75. The number of aryl methyl sites for hydroxylation is 1. The van der Waals surface area contributed by atoms with Crippen molar-refractivity contribution in [3.05, 3.63) is 41.1 Å². The van der Waals surface area contributed by atoms with Crippen molar-refractivity contribution in [1.29, 1.82) is 0 Å². The van der Waals surface area contributed by atoms with E-state index in [0.717, 1.165) is 12.2 Å². The predicted octanol–water partition coefficient (Wildman–Crippen LogP) is 2.20. The number of halogens is 1. The van der Waals surface area contributed by atoms with Crippen LogP contribution in [0.1, 0.15) is 24.4 Å². The first-order chi connectivity index (χ1) is 7.22. The Labute approximate surface area is 92.6 Å². The summed E-state index contributed by atoms with van der Waals surface area (Å²) in [4.78, 5) is 0. The zero-order chi connectivity index (χ0) is 10.8. The quantitative estimate of drug-likeness (QED) is 0.871. The lowest BCUT2D eigenvalue weighted by atomic mass is 10.2. The first kappa shape index (κ1) is 10.3. The van der Waals surface area contributed by atoms with E-state index < -0.39 is 0 Å². The molecule has 4 nitrogen and oxygen atoms in total. The highest BCUT2D eigenvalue weighted by Crippen LogP contribution is 2.23. The Morgan fingerprint density at radius 2 is 2.33 bits per heavy atom. The predicted molar refractivity (Wildman–Crippen MR) is 57.6 cm³/mol. The van der Waals surface area contributed by atoms with Crippen molar-refractivity contribution in [1.82, 2.24) is 9.78 Å². The number of nitrogens with two attached hydrogens (primary N) is 1. The van der Waals surface area contributed by atoms with Crippen LogP contribution in [-0.2, 0) is 6.54 Å². The van der Waals surface area contributed by atoms with E-state index in [9.17, 15) is 0 Å². The molecule has 80 valence electrons. The van der Waals surface area contributed by atoms with Crippen LogP contribution in [0.4, 0.5) is 0 Å². The smallest absolute Gasteiger partial charge is 0.193 e. The van der Waals surface area contributed by atoms with Gasteiger partial charge >= 0.3 is 0 Å². The lowest BCUT2D eigenvalue weighted by molar-refractivity contribution is 0.474. The maximum atomic E-state index is 6.04. The summed E-state index contributed by atoms with van der Waals surface area (Å²) in [6, 6.07) is 5.02. The van der Waals surface area contributed by atoms with Gasteiger partial charge in [0.1, 0.15) is 11.8 Å². The van der Waals surface area contributed by atoms with Crippen molar-refractivity contribution >= 4 is 11.6 Å². The Balaban J connectivity index is 2.31. The fraction of sp³-hybridized carbons (Fsp3) is 0.300. The van der Waals surface area contributed by atoms with Crippen LogP contribution in [0.3, 0.4) is 0 Å². The van der Waals surface area contributed by atoms with E-state index in [1.54, 1.807) is 18.3 Å². The summed E-state index contributed by atoms with van der Waals surface area (Å²) in [6.07, 6.45) is 1.73. The van der Waals surface area contributed by atoms with Crippen LogP contribution >= 0.6 is 11.6 Å². The number of nitrogens with zero attached hydrogens (tertiary/aromatic N) is 2. The van der Waals surface area contributed by atoms with E-state index in [1.165, 1.54) is 0 Å². The zero-order valence-corrected chi connectivity index (χ0v) is 9.11. The van der Waals surface area contributed by atoms with Crippen LogP contribution < -0.4 is 5.73 Å². The molecule has 0 aromatic carbocycles. The maximum absolute atomic E-state index is 6.04. The van der Waals surface area contributed by atoms with Crippen LogP contribution in [0, 0.1) is 0 Å². The van der Waals surface area contributed by atoms with E-state index in [2.05, 4.69) is 5.10 Å². The van der Waals surface area contributed by atoms with Crippen LogP contribution in [-0.4, -0.2) is 9.78 Å². The van der Waals surface area contributed by atoms with E-state index in [4.69, 9.17) is 21.8 Å². The summed E-state index contributed by atoms with van der Waals surface area (Å²) in [5.41, 5.74) is 6.96. The van der Waals surface area contributed by atoms with Crippen molar-refractivity contribution in [2.75, 3.05) is 0 Å². The molecule has 0 aliphatic rings. The van der Waals surface area contributed by atoms with E-state index >= 15 is 0 Å². The van der Waals surface area contributed by atoms with Crippen LogP contribution in [0.5, 0.6) is 0 Å². The molecule has 0 spiro atoms. The van der Waals surface area contributed by atoms with E-state index in [0.29, 0.717) is 11.0 Å². The second-order valence-corrected chi connectivity index (χ2v) is 3.56. The van der Waals surface area contributed by atoms with Gasteiger partial charge in [-0.05, 0) is 36.7 Å². The summed E-state index contributed by atoms with van der Waals surface area (Å²) in [5, 5.41) is 4.50. The third-order valence-electron chi connectivity index (χ3n) is 2.27. The third kappa shape index (κ3) is 1.91. The topological polar surface area (TPSA) is 57.0 Å². The van der Waals surface area contributed by atoms with Gasteiger partial charge in [0, 0.05) is 12.7 Å².